The van der Waals surface area contributed by atoms with Gasteiger partial charge in [-0.3, -0.25) is 0 Å². The van der Waals surface area contributed by atoms with E-state index in [1.54, 1.807) is 0 Å². The minimum Gasteiger partial charge on any atom is -0.376 e. The van der Waals surface area contributed by atoms with Crippen LogP contribution in [0.1, 0.15) is 36.5 Å². The van der Waals surface area contributed by atoms with E-state index in [0.717, 1.165) is 18.6 Å². The quantitative estimate of drug-likeness (QED) is 0.872. The van der Waals surface area contributed by atoms with E-state index < -0.39 is 0 Å². The largest absolute Gasteiger partial charge is 0.376 e. The van der Waals surface area contributed by atoms with Crippen molar-refractivity contribution in [2.45, 2.75) is 38.4 Å². The van der Waals surface area contributed by atoms with Crippen LogP contribution < -0.4 is 5.73 Å². The predicted octanol–water partition coefficient (Wildman–Crippen LogP) is 2.58. The first-order valence-electron chi connectivity index (χ1n) is 6.79. The molecule has 2 atom stereocenters. The third-order valence-electron chi connectivity index (χ3n) is 3.39. The molecule has 1 fully saturated rings. The number of hydrogen-bond donors (Lipinski definition) is 1. The SMILES string of the molecule is Cc1cccc(C(CN)OCC2CCCCO2)c1. The van der Waals surface area contributed by atoms with Gasteiger partial charge in [-0.05, 0) is 31.7 Å². The van der Waals surface area contributed by atoms with Gasteiger partial charge in [0.05, 0.1) is 18.8 Å². The van der Waals surface area contributed by atoms with Crippen molar-refractivity contribution in [3.05, 3.63) is 35.4 Å². The number of ether oxygens (including phenoxy) is 2. The van der Waals surface area contributed by atoms with E-state index >= 15 is 0 Å². The van der Waals surface area contributed by atoms with Crippen molar-refractivity contribution in [1.29, 1.82) is 0 Å². The van der Waals surface area contributed by atoms with Crippen molar-refractivity contribution in [2.75, 3.05) is 19.8 Å². The molecular weight excluding hydrogens is 226 g/mol. The summed E-state index contributed by atoms with van der Waals surface area (Å²) in [5, 5.41) is 0. The van der Waals surface area contributed by atoms with Crippen LogP contribution in [-0.4, -0.2) is 25.9 Å². The highest BCUT2D eigenvalue weighted by Gasteiger charge is 2.17. The normalized spacial score (nSPS) is 21.8. The Kier molecular flexibility index (Phi) is 5.17. The molecule has 0 spiro atoms. The first-order valence-corrected chi connectivity index (χ1v) is 6.79. The zero-order chi connectivity index (χ0) is 12.8. The lowest BCUT2D eigenvalue weighted by Crippen LogP contribution is -2.27. The molecule has 3 nitrogen and oxygen atoms in total. The molecule has 1 heterocycles. The minimum atomic E-state index is -0.0181. The van der Waals surface area contributed by atoms with Crippen LogP contribution in [0.25, 0.3) is 0 Å². The molecule has 1 saturated heterocycles. The Morgan fingerprint density at radius 2 is 2.33 bits per heavy atom. The van der Waals surface area contributed by atoms with Crippen molar-refractivity contribution in [1.82, 2.24) is 0 Å². The van der Waals surface area contributed by atoms with E-state index in [9.17, 15) is 0 Å². The van der Waals surface area contributed by atoms with Crippen LogP contribution in [0.3, 0.4) is 0 Å². The molecule has 100 valence electrons. The third kappa shape index (κ3) is 3.80. The average Bonchev–Trinajstić information content (AvgIpc) is 2.41. The Hall–Kier alpha value is -0.900. The molecule has 1 aromatic rings. The fraction of sp³-hybridized carbons (Fsp3) is 0.600. The molecule has 0 aromatic heterocycles. The molecule has 18 heavy (non-hydrogen) atoms. The molecule has 0 aliphatic carbocycles. The topological polar surface area (TPSA) is 44.5 Å². The summed E-state index contributed by atoms with van der Waals surface area (Å²) < 4.78 is 11.6. The zero-order valence-electron chi connectivity index (χ0n) is 11.1. The smallest absolute Gasteiger partial charge is 0.0948 e. The third-order valence-corrected chi connectivity index (χ3v) is 3.39. The maximum atomic E-state index is 5.92. The number of aryl methyl sites for hydroxylation is 1. The van der Waals surface area contributed by atoms with Gasteiger partial charge in [-0.15, -0.1) is 0 Å². The van der Waals surface area contributed by atoms with Gasteiger partial charge in [-0.2, -0.15) is 0 Å². The van der Waals surface area contributed by atoms with E-state index in [2.05, 4.69) is 25.1 Å². The molecular formula is C15H23NO2. The van der Waals surface area contributed by atoms with Crippen molar-refractivity contribution < 1.29 is 9.47 Å². The summed E-state index contributed by atoms with van der Waals surface area (Å²) in [5.74, 6) is 0. The minimum absolute atomic E-state index is 0.0181. The van der Waals surface area contributed by atoms with Gasteiger partial charge in [-0.1, -0.05) is 29.8 Å². The van der Waals surface area contributed by atoms with Gasteiger partial charge in [0.25, 0.3) is 0 Å². The Labute approximate surface area is 109 Å². The van der Waals surface area contributed by atoms with E-state index in [1.165, 1.54) is 18.4 Å². The molecule has 1 aromatic carbocycles. The van der Waals surface area contributed by atoms with Gasteiger partial charge in [0.1, 0.15) is 0 Å². The Morgan fingerprint density at radius 1 is 1.44 bits per heavy atom. The van der Waals surface area contributed by atoms with Gasteiger partial charge in [0, 0.05) is 13.2 Å². The molecule has 0 radical (unpaired) electrons. The summed E-state index contributed by atoms with van der Waals surface area (Å²) in [7, 11) is 0. The number of rotatable bonds is 5. The van der Waals surface area contributed by atoms with Crippen molar-refractivity contribution in [2.24, 2.45) is 5.73 Å². The van der Waals surface area contributed by atoms with Crippen LogP contribution in [0.4, 0.5) is 0 Å². The first kappa shape index (κ1) is 13.5. The molecule has 3 heteroatoms. The lowest BCUT2D eigenvalue weighted by molar-refractivity contribution is -0.0617. The second kappa shape index (κ2) is 6.88. The van der Waals surface area contributed by atoms with Gasteiger partial charge < -0.3 is 15.2 Å². The van der Waals surface area contributed by atoms with Gasteiger partial charge in [0.2, 0.25) is 0 Å². The molecule has 0 amide bonds. The summed E-state index contributed by atoms with van der Waals surface area (Å²) in [6, 6.07) is 8.35. The molecule has 2 unspecified atom stereocenters. The van der Waals surface area contributed by atoms with E-state index in [0.29, 0.717) is 13.2 Å². The molecule has 2 rings (SSSR count). The van der Waals surface area contributed by atoms with Crippen LogP contribution in [0.5, 0.6) is 0 Å². The Balaban J connectivity index is 1.88. The maximum Gasteiger partial charge on any atom is 0.0948 e. The molecule has 1 aliphatic rings. The maximum absolute atomic E-state index is 5.92. The second-order valence-corrected chi connectivity index (χ2v) is 4.96. The Morgan fingerprint density at radius 3 is 3.00 bits per heavy atom. The zero-order valence-corrected chi connectivity index (χ0v) is 11.1. The highest BCUT2D eigenvalue weighted by atomic mass is 16.5. The summed E-state index contributed by atoms with van der Waals surface area (Å²) in [6.45, 7) is 4.11. The van der Waals surface area contributed by atoms with Crippen LogP contribution in [0.2, 0.25) is 0 Å². The molecule has 0 saturated carbocycles. The first-order chi connectivity index (χ1) is 8.79. The monoisotopic (exact) mass is 249 g/mol. The van der Waals surface area contributed by atoms with E-state index in [1.807, 2.05) is 6.07 Å². The van der Waals surface area contributed by atoms with Gasteiger partial charge in [-0.25, -0.2) is 0 Å². The Bertz CT molecular complexity index is 361. The van der Waals surface area contributed by atoms with Crippen molar-refractivity contribution >= 4 is 0 Å². The fourth-order valence-corrected chi connectivity index (χ4v) is 2.33. The molecule has 2 N–H and O–H groups in total. The number of nitrogens with two attached hydrogens (primary N) is 1. The summed E-state index contributed by atoms with van der Waals surface area (Å²) >= 11 is 0. The average molecular weight is 249 g/mol. The molecule has 1 aliphatic heterocycles. The van der Waals surface area contributed by atoms with Crippen molar-refractivity contribution in [3.8, 4) is 0 Å². The lowest BCUT2D eigenvalue weighted by Gasteiger charge is -2.25. The summed E-state index contributed by atoms with van der Waals surface area (Å²) in [5.41, 5.74) is 8.20. The molecule has 0 bridgehead atoms. The standard InChI is InChI=1S/C15H23NO2/c1-12-5-4-6-13(9-12)15(10-16)18-11-14-7-2-3-8-17-14/h4-6,9,14-15H,2-3,7-8,10-11,16H2,1H3. The second-order valence-electron chi connectivity index (χ2n) is 4.96. The van der Waals surface area contributed by atoms with E-state index in [4.69, 9.17) is 15.2 Å². The predicted molar refractivity (Wildman–Crippen MR) is 72.5 cm³/mol. The van der Waals surface area contributed by atoms with Crippen LogP contribution in [0.15, 0.2) is 24.3 Å². The lowest BCUT2D eigenvalue weighted by atomic mass is 10.1. The summed E-state index contributed by atoms with van der Waals surface area (Å²) in [4.78, 5) is 0. The van der Waals surface area contributed by atoms with Gasteiger partial charge >= 0.3 is 0 Å². The van der Waals surface area contributed by atoms with Crippen LogP contribution in [-0.2, 0) is 9.47 Å². The van der Waals surface area contributed by atoms with Crippen LogP contribution >= 0.6 is 0 Å². The summed E-state index contributed by atoms with van der Waals surface area (Å²) in [6.07, 6.45) is 3.75. The van der Waals surface area contributed by atoms with E-state index in [-0.39, 0.29) is 12.2 Å². The van der Waals surface area contributed by atoms with Gasteiger partial charge in [0.15, 0.2) is 0 Å². The highest BCUT2D eigenvalue weighted by Crippen LogP contribution is 2.20. The van der Waals surface area contributed by atoms with Crippen LogP contribution in [0, 0.1) is 6.92 Å². The number of hydrogen-bond acceptors (Lipinski definition) is 3. The number of benzene rings is 1. The van der Waals surface area contributed by atoms with Crippen molar-refractivity contribution in [3.63, 3.8) is 0 Å². The highest BCUT2D eigenvalue weighted by molar-refractivity contribution is 5.24. The fourth-order valence-electron chi connectivity index (χ4n) is 2.33.